The van der Waals surface area contributed by atoms with E-state index >= 15 is 0 Å². The minimum Gasteiger partial charge on any atom is -0.490 e. The first-order chi connectivity index (χ1) is 8.95. The summed E-state index contributed by atoms with van der Waals surface area (Å²) in [6.45, 7) is 1.77. The third-order valence-corrected chi connectivity index (χ3v) is 2.79. The van der Waals surface area contributed by atoms with Crippen LogP contribution in [0.3, 0.4) is 0 Å². The molecule has 0 saturated carbocycles. The van der Waals surface area contributed by atoms with Gasteiger partial charge in [0.1, 0.15) is 18.4 Å². The molecule has 0 amide bonds. The molecular formula is C11H13BrN2O5. The molecule has 8 heteroatoms. The van der Waals surface area contributed by atoms with E-state index in [0.29, 0.717) is 4.47 Å². The molecule has 0 bridgehead atoms. The third-order valence-electron chi connectivity index (χ3n) is 2.13. The fraction of sp³-hybridized carbons (Fsp3) is 0.364. The number of rotatable bonds is 6. The van der Waals surface area contributed by atoms with Gasteiger partial charge in [0.05, 0.1) is 22.1 Å². The number of non-ortho nitro benzene ring substituents is 1. The van der Waals surface area contributed by atoms with Crippen molar-refractivity contribution >= 4 is 27.6 Å². The van der Waals surface area contributed by atoms with E-state index in [1.807, 2.05) is 0 Å². The zero-order valence-corrected chi connectivity index (χ0v) is 11.8. The summed E-state index contributed by atoms with van der Waals surface area (Å²) in [6.07, 6.45) is 0. The van der Waals surface area contributed by atoms with E-state index in [-0.39, 0.29) is 24.7 Å². The summed E-state index contributed by atoms with van der Waals surface area (Å²) in [5, 5.41) is 10.6. The SMILES string of the molecule is CCOC(=O)C(N)COc1cc([N+](=O)[O-])ccc1Br. The van der Waals surface area contributed by atoms with Gasteiger partial charge < -0.3 is 15.2 Å². The van der Waals surface area contributed by atoms with Crippen LogP contribution in [0.25, 0.3) is 0 Å². The van der Waals surface area contributed by atoms with Crippen molar-refractivity contribution in [2.75, 3.05) is 13.2 Å². The van der Waals surface area contributed by atoms with Gasteiger partial charge in [-0.3, -0.25) is 14.9 Å². The van der Waals surface area contributed by atoms with E-state index in [0.717, 1.165) is 0 Å². The zero-order chi connectivity index (χ0) is 14.4. The zero-order valence-electron chi connectivity index (χ0n) is 10.2. The fourth-order valence-electron chi connectivity index (χ4n) is 1.21. The Morgan fingerprint density at radius 3 is 2.84 bits per heavy atom. The fourth-order valence-corrected chi connectivity index (χ4v) is 1.57. The van der Waals surface area contributed by atoms with Crippen molar-refractivity contribution in [2.45, 2.75) is 13.0 Å². The summed E-state index contributed by atoms with van der Waals surface area (Å²) in [5.41, 5.74) is 5.44. The maximum Gasteiger partial charge on any atom is 0.326 e. The average molecular weight is 333 g/mol. The Kier molecular flexibility index (Phi) is 5.71. The first-order valence-corrected chi connectivity index (χ1v) is 6.24. The molecule has 0 radical (unpaired) electrons. The Labute approximate surface area is 118 Å². The number of halogens is 1. The van der Waals surface area contributed by atoms with Crippen molar-refractivity contribution in [1.29, 1.82) is 0 Å². The Morgan fingerprint density at radius 1 is 1.58 bits per heavy atom. The highest BCUT2D eigenvalue weighted by Gasteiger charge is 2.17. The minimum atomic E-state index is -0.939. The second-order valence-corrected chi connectivity index (χ2v) is 4.40. The molecular weight excluding hydrogens is 320 g/mol. The van der Waals surface area contributed by atoms with Gasteiger partial charge in [-0.2, -0.15) is 0 Å². The van der Waals surface area contributed by atoms with E-state index in [4.69, 9.17) is 15.2 Å². The molecule has 104 valence electrons. The van der Waals surface area contributed by atoms with Gasteiger partial charge in [0.15, 0.2) is 0 Å². The quantitative estimate of drug-likeness (QED) is 0.482. The van der Waals surface area contributed by atoms with Gasteiger partial charge in [0.2, 0.25) is 0 Å². The van der Waals surface area contributed by atoms with Crippen LogP contribution in [-0.2, 0) is 9.53 Å². The lowest BCUT2D eigenvalue weighted by molar-refractivity contribution is -0.385. The van der Waals surface area contributed by atoms with Crippen LogP contribution in [0.1, 0.15) is 6.92 Å². The Morgan fingerprint density at radius 2 is 2.26 bits per heavy atom. The monoisotopic (exact) mass is 332 g/mol. The van der Waals surface area contributed by atoms with Crippen molar-refractivity contribution in [2.24, 2.45) is 5.73 Å². The lowest BCUT2D eigenvalue weighted by Gasteiger charge is -2.12. The molecule has 0 heterocycles. The van der Waals surface area contributed by atoms with Gasteiger partial charge in [0, 0.05) is 6.07 Å². The largest absolute Gasteiger partial charge is 0.490 e. The van der Waals surface area contributed by atoms with Crippen molar-refractivity contribution in [3.05, 3.63) is 32.8 Å². The Balaban J connectivity index is 2.69. The van der Waals surface area contributed by atoms with Crippen LogP contribution in [0.5, 0.6) is 5.75 Å². The van der Waals surface area contributed by atoms with Crippen LogP contribution in [0.15, 0.2) is 22.7 Å². The van der Waals surface area contributed by atoms with Crippen LogP contribution in [0.4, 0.5) is 5.69 Å². The van der Waals surface area contributed by atoms with Crippen molar-refractivity contribution in [1.82, 2.24) is 0 Å². The molecule has 0 saturated heterocycles. The number of nitro groups is 1. The molecule has 0 aromatic heterocycles. The lowest BCUT2D eigenvalue weighted by atomic mass is 10.3. The summed E-state index contributed by atoms with van der Waals surface area (Å²) in [5.74, 6) is -0.335. The van der Waals surface area contributed by atoms with E-state index in [9.17, 15) is 14.9 Å². The highest BCUT2D eigenvalue weighted by molar-refractivity contribution is 9.10. The van der Waals surface area contributed by atoms with Gasteiger partial charge in [-0.1, -0.05) is 0 Å². The van der Waals surface area contributed by atoms with Crippen LogP contribution in [0.2, 0.25) is 0 Å². The van der Waals surface area contributed by atoms with Gasteiger partial charge in [-0.15, -0.1) is 0 Å². The number of esters is 1. The summed E-state index contributed by atoms with van der Waals surface area (Å²) in [7, 11) is 0. The van der Waals surface area contributed by atoms with Gasteiger partial charge in [-0.25, -0.2) is 0 Å². The first kappa shape index (κ1) is 15.4. The molecule has 2 N–H and O–H groups in total. The molecule has 0 aliphatic carbocycles. The standard InChI is InChI=1S/C11H13BrN2O5/c1-2-18-11(15)9(13)6-19-10-5-7(14(16)17)3-4-8(10)12/h3-5,9H,2,6,13H2,1H3. The molecule has 1 unspecified atom stereocenters. The van der Waals surface area contributed by atoms with Crippen molar-refractivity contribution in [3.63, 3.8) is 0 Å². The summed E-state index contributed by atoms with van der Waals surface area (Å²) in [4.78, 5) is 21.4. The topological polar surface area (TPSA) is 105 Å². The van der Waals surface area contributed by atoms with E-state index in [1.54, 1.807) is 6.92 Å². The Hall–Kier alpha value is -1.67. The number of benzene rings is 1. The smallest absolute Gasteiger partial charge is 0.326 e. The number of carbonyl (C=O) groups excluding carboxylic acids is 1. The maximum atomic E-state index is 11.3. The summed E-state index contributed by atoms with van der Waals surface area (Å²) >= 11 is 3.19. The molecule has 1 atom stereocenters. The van der Waals surface area contributed by atoms with Gasteiger partial charge in [0.25, 0.3) is 5.69 Å². The molecule has 1 rings (SSSR count). The molecule has 1 aromatic carbocycles. The highest BCUT2D eigenvalue weighted by atomic mass is 79.9. The molecule has 0 fully saturated rings. The predicted octanol–water partition coefficient (Wildman–Crippen LogP) is 1.63. The number of nitrogens with two attached hydrogens (primary N) is 1. The second-order valence-electron chi connectivity index (χ2n) is 3.54. The van der Waals surface area contributed by atoms with E-state index < -0.39 is 16.9 Å². The van der Waals surface area contributed by atoms with Crippen LogP contribution < -0.4 is 10.5 Å². The minimum absolute atomic E-state index is 0.108. The van der Waals surface area contributed by atoms with Gasteiger partial charge >= 0.3 is 5.97 Å². The molecule has 0 aliphatic rings. The molecule has 19 heavy (non-hydrogen) atoms. The molecule has 7 nitrogen and oxygen atoms in total. The molecule has 0 aliphatic heterocycles. The molecule has 0 spiro atoms. The lowest BCUT2D eigenvalue weighted by Crippen LogP contribution is -2.37. The van der Waals surface area contributed by atoms with E-state index in [2.05, 4.69) is 15.9 Å². The summed E-state index contributed by atoms with van der Waals surface area (Å²) < 4.78 is 10.5. The number of hydrogen-bond donors (Lipinski definition) is 1. The van der Waals surface area contributed by atoms with E-state index in [1.165, 1.54) is 18.2 Å². The van der Waals surface area contributed by atoms with Crippen LogP contribution >= 0.6 is 15.9 Å². The third kappa shape index (κ3) is 4.49. The number of nitro benzene ring substituents is 1. The van der Waals surface area contributed by atoms with Crippen molar-refractivity contribution in [3.8, 4) is 5.75 Å². The molecule has 1 aromatic rings. The summed E-state index contributed by atoms with van der Waals surface area (Å²) in [6, 6.07) is 3.14. The van der Waals surface area contributed by atoms with Gasteiger partial charge in [-0.05, 0) is 28.9 Å². The first-order valence-electron chi connectivity index (χ1n) is 5.44. The Bertz CT molecular complexity index is 480. The van der Waals surface area contributed by atoms with Crippen LogP contribution in [-0.4, -0.2) is 30.1 Å². The highest BCUT2D eigenvalue weighted by Crippen LogP contribution is 2.29. The number of hydrogen-bond acceptors (Lipinski definition) is 6. The van der Waals surface area contributed by atoms with Crippen LogP contribution in [0, 0.1) is 10.1 Å². The second kappa shape index (κ2) is 7.05. The van der Waals surface area contributed by atoms with Crippen molar-refractivity contribution < 1.29 is 19.2 Å². The number of nitrogens with zero attached hydrogens (tertiary/aromatic N) is 1. The average Bonchev–Trinajstić information content (AvgIpc) is 2.37. The number of carbonyl (C=O) groups is 1. The normalized spacial score (nSPS) is 11.7. The predicted molar refractivity (Wildman–Crippen MR) is 70.9 cm³/mol. The number of ether oxygens (including phenoxy) is 2. The maximum absolute atomic E-state index is 11.3.